The number of hydrogen-bond acceptors (Lipinski definition) is 5. The largest absolute Gasteiger partial charge is 0.378 e. The molecule has 2 fully saturated rings. The SMILES string of the molecule is Cc1cccc(N=C2NC(=O)/C(=C/c3ccc(N4CCOCC4)cc3)S2)c1C. The van der Waals surface area contributed by atoms with E-state index in [4.69, 9.17) is 4.74 Å². The average Bonchev–Trinajstić information content (AvgIpc) is 3.05. The van der Waals surface area contributed by atoms with Gasteiger partial charge >= 0.3 is 0 Å². The Kier molecular flexibility index (Phi) is 5.50. The molecule has 28 heavy (non-hydrogen) atoms. The normalized spacial score (nSPS) is 20.1. The lowest BCUT2D eigenvalue weighted by molar-refractivity contribution is -0.115. The van der Waals surface area contributed by atoms with Gasteiger partial charge in [0.15, 0.2) is 5.17 Å². The van der Waals surface area contributed by atoms with E-state index in [2.05, 4.69) is 40.3 Å². The number of amidine groups is 1. The lowest BCUT2D eigenvalue weighted by Crippen LogP contribution is -2.36. The van der Waals surface area contributed by atoms with Crippen LogP contribution in [0.25, 0.3) is 6.08 Å². The summed E-state index contributed by atoms with van der Waals surface area (Å²) in [7, 11) is 0. The first-order valence-corrected chi connectivity index (χ1v) is 10.2. The molecule has 0 aromatic heterocycles. The van der Waals surface area contributed by atoms with Crippen LogP contribution < -0.4 is 10.2 Å². The molecule has 0 radical (unpaired) electrons. The molecule has 0 atom stereocenters. The molecule has 2 aliphatic rings. The molecule has 2 aromatic carbocycles. The van der Waals surface area contributed by atoms with Gasteiger partial charge < -0.3 is 15.0 Å². The summed E-state index contributed by atoms with van der Waals surface area (Å²) in [5.41, 5.74) is 5.39. The van der Waals surface area contributed by atoms with Gasteiger partial charge in [-0.15, -0.1) is 0 Å². The number of thioether (sulfide) groups is 1. The summed E-state index contributed by atoms with van der Waals surface area (Å²) in [6.07, 6.45) is 1.91. The molecule has 144 valence electrons. The van der Waals surface area contributed by atoms with E-state index in [1.54, 1.807) is 0 Å². The molecule has 4 rings (SSSR count). The van der Waals surface area contributed by atoms with Crippen molar-refractivity contribution in [2.75, 3.05) is 31.2 Å². The van der Waals surface area contributed by atoms with Gasteiger partial charge in [0, 0.05) is 18.8 Å². The third kappa shape index (κ3) is 4.13. The summed E-state index contributed by atoms with van der Waals surface area (Å²) < 4.78 is 5.40. The monoisotopic (exact) mass is 393 g/mol. The second kappa shape index (κ2) is 8.20. The van der Waals surface area contributed by atoms with Gasteiger partial charge in [-0.05, 0) is 66.6 Å². The number of carbonyl (C=O) groups excluding carboxylic acids is 1. The van der Waals surface area contributed by atoms with Crippen LogP contribution in [-0.2, 0) is 9.53 Å². The molecule has 2 aliphatic heterocycles. The van der Waals surface area contributed by atoms with Crippen molar-refractivity contribution in [1.29, 1.82) is 0 Å². The number of aliphatic imine (C=N–C) groups is 1. The molecule has 6 heteroatoms. The first-order valence-electron chi connectivity index (χ1n) is 9.39. The van der Waals surface area contributed by atoms with Gasteiger partial charge in [-0.3, -0.25) is 4.79 Å². The molecule has 2 aromatic rings. The molecular weight excluding hydrogens is 370 g/mol. The third-order valence-corrected chi connectivity index (χ3v) is 5.93. The number of amides is 1. The first-order chi connectivity index (χ1) is 13.6. The summed E-state index contributed by atoms with van der Waals surface area (Å²) >= 11 is 1.38. The van der Waals surface area contributed by atoms with Crippen LogP contribution in [0.4, 0.5) is 11.4 Å². The quantitative estimate of drug-likeness (QED) is 0.800. The highest BCUT2D eigenvalue weighted by molar-refractivity contribution is 8.18. The van der Waals surface area contributed by atoms with Crippen LogP contribution in [0, 0.1) is 13.8 Å². The Hall–Kier alpha value is -2.57. The van der Waals surface area contributed by atoms with Crippen LogP contribution in [0.2, 0.25) is 0 Å². The topological polar surface area (TPSA) is 53.9 Å². The van der Waals surface area contributed by atoms with Crippen molar-refractivity contribution in [3.63, 3.8) is 0 Å². The van der Waals surface area contributed by atoms with Gasteiger partial charge in [0.05, 0.1) is 23.8 Å². The molecule has 2 heterocycles. The maximum Gasteiger partial charge on any atom is 0.264 e. The summed E-state index contributed by atoms with van der Waals surface area (Å²) in [6.45, 7) is 7.47. The molecule has 0 spiro atoms. The van der Waals surface area contributed by atoms with E-state index in [1.807, 2.05) is 37.3 Å². The molecule has 0 saturated carbocycles. The Morgan fingerprint density at radius 3 is 2.61 bits per heavy atom. The highest BCUT2D eigenvalue weighted by Gasteiger charge is 2.24. The number of nitrogens with one attached hydrogen (secondary N) is 1. The zero-order chi connectivity index (χ0) is 19.5. The van der Waals surface area contributed by atoms with Crippen LogP contribution in [0.15, 0.2) is 52.4 Å². The number of morpholine rings is 1. The molecular formula is C22H23N3O2S. The standard InChI is InChI=1S/C22H23N3O2S/c1-15-4-3-5-19(16(15)2)23-22-24-21(26)20(28-22)14-17-6-8-18(9-7-17)25-10-12-27-13-11-25/h3-9,14H,10-13H2,1-2H3,(H,23,24,26)/b20-14-. The number of benzene rings is 2. The zero-order valence-electron chi connectivity index (χ0n) is 16.1. The number of carbonyl (C=O) groups is 1. The summed E-state index contributed by atoms with van der Waals surface area (Å²) in [6, 6.07) is 14.3. The second-order valence-electron chi connectivity index (χ2n) is 6.89. The smallest absolute Gasteiger partial charge is 0.264 e. The van der Waals surface area contributed by atoms with Crippen molar-refractivity contribution in [1.82, 2.24) is 5.32 Å². The van der Waals surface area contributed by atoms with Crippen LogP contribution >= 0.6 is 11.8 Å². The Balaban J connectivity index is 1.50. The molecule has 0 aliphatic carbocycles. The van der Waals surface area contributed by atoms with Crippen LogP contribution in [0.5, 0.6) is 0 Å². The number of nitrogens with zero attached hydrogens (tertiary/aromatic N) is 2. The minimum absolute atomic E-state index is 0.105. The van der Waals surface area contributed by atoms with E-state index in [9.17, 15) is 4.79 Å². The van der Waals surface area contributed by atoms with E-state index >= 15 is 0 Å². The summed E-state index contributed by atoms with van der Waals surface area (Å²) in [5, 5.41) is 3.49. The van der Waals surface area contributed by atoms with E-state index < -0.39 is 0 Å². The van der Waals surface area contributed by atoms with Gasteiger partial charge in [0.2, 0.25) is 0 Å². The fourth-order valence-electron chi connectivity index (χ4n) is 3.20. The van der Waals surface area contributed by atoms with Crippen molar-refractivity contribution in [3.05, 3.63) is 64.1 Å². The van der Waals surface area contributed by atoms with Gasteiger partial charge in [-0.25, -0.2) is 4.99 Å². The third-order valence-electron chi connectivity index (χ3n) is 5.02. The fraction of sp³-hybridized carbons (Fsp3) is 0.273. The highest BCUT2D eigenvalue weighted by Crippen LogP contribution is 2.30. The van der Waals surface area contributed by atoms with Crippen molar-refractivity contribution in [3.8, 4) is 0 Å². The lowest BCUT2D eigenvalue weighted by atomic mass is 10.1. The van der Waals surface area contributed by atoms with E-state index in [0.717, 1.165) is 43.1 Å². The molecule has 0 unspecified atom stereocenters. The minimum Gasteiger partial charge on any atom is -0.378 e. The number of ether oxygens (including phenoxy) is 1. The van der Waals surface area contributed by atoms with Crippen LogP contribution in [0.1, 0.15) is 16.7 Å². The number of hydrogen-bond donors (Lipinski definition) is 1. The average molecular weight is 394 g/mol. The van der Waals surface area contributed by atoms with Gasteiger partial charge in [-0.2, -0.15) is 0 Å². The summed E-state index contributed by atoms with van der Waals surface area (Å²) in [4.78, 5) is 19.9. The molecule has 1 N–H and O–H groups in total. The van der Waals surface area contributed by atoms with Gasteiger partial charge in [-0.1, -0.05) is 24.3 Å². The number of anilines is 1. The van der Waals surface area contributed by atoms with Crippen molar-refractivity contribution in [2.24, 2.45) is 4.99 Å². The Bertz CT molecular complexity index is 945. The van der Waals surface area contributed by atoms with E-state index in [1.165, 1.54) is 23.0 Å². The van der Waals surface area contributed by atoms with Crippen molar-refractivity contribution < 1.29 is 9.53 Å². The fourth-order valence-corrected chi connectivity index (χ4v) is 4.04. The van der Waals surface area contributed by atoms with E-state index in [-0.39, 0.29) is 5.91 Å². The van der Waals surface area contributed by atoms with Crippen molar-refractivity contribution >= 4 is 40.3 Å². The Labute approximate surface area is 169 Å². The summed E-state index contributed by atoms with van der Waals surface area (Å²) in [5.74, 6) is -0.105. The molecule has 5 nitrogen and oxygen atoms in total. The van der Waals surface area contributed by atoms with E-state index in [0.29, 0.717) is 10.1 Å². The first kappa shape index (κ1) is 18.8. The Morgan fingerprint density at radius 2 is 1.86 bits per heavy atom. The minimum atomic E-state index is -0.105. The number of aryl methyl sites for hydroxylation is 1. The highest BCUT2D eigenvalue weighted by atomic mass is 32.2. The Morgan fingerprint density at radius 1 is 1.11 bits per heavy atom. The molecule has 0 bridgehead atoms. The molecule has 2 saturated heterocycles. The van der Waals surface area contributed by atoms with Crippen LogP contribution in [-0.4, -0.2) is 37.4 Å². The van der Waals surface area contributed by atoms with Gasteiger partial charge in [0.1, 0.15) is 0 Å². The maximum atomic E-state index is 12.3. The maximum absolute atomic E-state index is 12.3. The van der Waals surface area contributed by atoms with Crippen molar-refractivity contribution in [2.45, 2.75) is 13.8 Å². The predicted octanol–water partition coefficient (Wildman–Crippen LogP) is 4.03. The number of rotatable bonds is 3. The molecule has 1 amide bonds. The van der Waals surface area contributed by atoms with Gasteiger partial charge in [0.25, 0.3) is 5.91 Å². The zero-order valence-corrected chi connectivity index (χ0v) is 16.9. The predicted molar refractivity (Wildman–Crippen MR) is 116 cm³/mol. The van der Waals surface area contributed by atoms with Crippen LogP contribution in [0.3, 0.4) is 0 Å². The lowest BCUT2D eigenvalue weighted by Gasteiger charge is -2.28. The second-order valence-corrected chi connectivity index (χ2v) is 7.92.